The fourth-order valence-electron chi connectivity index (χ4n) is 3.88. The first-order chi connectivity index (χ1) is 15.5. The third-order valence-corrected chi connectivity index (χ3v) is 6.96. The molecule has 4 rings (SSSR count). The highest BCUT2D eigenvalue weighted by Gasteiger charge is 2.37. The molecule has 0 radical (unpaired) electrons. The molecule has 0 bridgehead atoms. The Morgan fingerprint density at radius 3 is 2.56 bits per heavy atom. The predicted octanol–water partition coefficient (Wildman–Crippen LogP) is 2.99. The van der Waals surface area contributed by atoms with Crippen molar-refractivity contribution in [2.24, 2.45) is 5.92 Å². The molecule has 2 aromatic rings. The Hall–Kier alpha value is -3.20. The van der Waals surface area contributed by atoms with E-state index in [0.29, 0.717) is 43.1 Å². The molecular formula is C23H25N3O5S. The van der Waals surface area contributed by atoms with Gasteiger partial charge in [0, 0.05) is 30.0 Å². The fourth-order valence-corrected chi connectivity index (χ4v) is 4.95. The van der Waals surface area contributed by atoms with E-state index in [0.717, 1.165) is 10.6 Å². The molecule has 1 atom stereocenters. The van der Waals surface area contributed by atoms with Gasteiger partial charge in [0.25, 0.3) is 0 Å². The van der Waals surface area contributed by atoms with Crippen LogP contribution in [0.1, 0.15) is 12.8 Å². The fraction of sp³-hybridized carbons (Fsp3) is 0.348. The second kappa shape index (κ2) is 9.52. The van der Waals surface area contributed by atoms with Crippen molar-refractivity contribution in [2.75, 3.05) is 37.9 Å². The lowest BCUT2D eigenvalue weighted by Crippen LogP contribution is -2.48. The molecule has 32 heavy (non-hydrogen) atoms. The van der Waals surface area contributed by atoms with Gasteiger partial charge >= 0.3 is 0 Å². The normalized spacial score (nSPS) is 18.4. The topological polar surface area (TPSA) is 97.0 Å². The van der Waals surface area contributed by atoms with Gasteiger partial charge in [-0.1, -0.05) is 12.1 Å². The van der Waals surface area contributed by atoms with Crippen LogP contribution in [-0.4, -0.2) is 55.2 Å². The number of likely N-dealkylation sites (tertiary alicyclic amines) is 1. The van der Waals surface area contributed by atoms with Gasteiger partial charge in [-0.15, -0.1) is 11.8 Å². The summed E-state index contributed by atoms with van der Waals surface area (Å²) in [7, 11) is 3.10. The number of benzene rings is 2. The molecule has 0 spiro atoms. The maximum atomic E-state index is 13.0. The second-order valence-electron chi connectivity index (χ2n) is 7.64. The van der Waals surface area contributed by atoms with Gasteiger partial charge in [-0.25, -0.2) is 0 Å². The van der Waals surface area contributed by atoms with E-state index in [2.05, 4.69) is 10.6 Å². The monoisotopic (exact) mass is 455 g/mol. The van der Waals surface area contributed by atoms with Crippen LogP contribution >= 0.6 is 11.8 Å². The van der Waals surface area contributed by atoms with Crippen LogP contribution < -0.4 is 20.1 Å². The van der Waals surface area contributed by atoms with Crippen LogP contribution in [0.4, 0.5) is 11.4 Å². The number of anilines is 2. The number of amides is 3. The van der Waals surface area contributed by atoms with Crippen LogP contribution in [0.3, 0.4) is 0 Å². The number of piperidine rings is 1. The summed E-state index contributed by atoms with van der Waals surface area (Å²) in [4.78, 5) is 40.8. The molecular weight excluding hydrogens is 430 g/mol. The number of nitrogens with one attached hydrogen (secondary N) is 2. The SMILES string of the molecule is COc1ccc(NC(=O)C2CCN(C(=O)C3Sc4ccccc4NC3=O)CC2)c(OC)c1. The highest BCUT2D eigenvalue weighted by Crippen LogP contribution is 2.36. The molecule has 2 aliphatic rings. The zero-order valence-corrected chi connectivity index (χ0v) is 18.7. The minimum absolute atomic E-state index is 0.112. The average molecular weight is 456 g/mol. The van der Waals surface area contributed by atoms with Crippen molar-refractivity contribution in [2.45, 2.75) is 23.0 Å². The highest BCUT2D eigenvalue weighted by molar-refractivity contribution is 8.01. The Morgan fingerprint density at radius 1 is 1.09 bits per heavy atom. The van der Waals surface area contributed by atoms with Crippen molar-refractivity contribution in [1.29, 1.82) is 0 Å². The molecule has 1 unspecified atom stereocenters. The number of methoxy groups -OCH3 is 2. The Balaban J connectivity index is 1.34. The zero-order chi connectivity index (χ0) is 22.7. The largest absolute Gasteiger partial charge is 0.497 e. The van der Waals surface area contributed by atoms with Crippen molar-refractivity contribution >= 4 is 40.9 Å². The summed E-state index contributed by atoms with van der Waals surface area (Å²) in [5, 5.41) is 4.92. The lowest BCUT2D eigenvalue weighted by atomic mass is 9.95. The molecule has 168 valence electrons. The molecule has 1 fully saturated rings. The van der Waals surface area contributed by atoms with Gasteiger partial charge in [0.05, 0.1) is 25.6 Å². The number of thioether (sulfide) groups is 1. The van der Waals surface area contributed by atoms with Crippen LogP contribution in [0, 0.1) is 5.92 Å². The summed E-state index contributed by atoms with van der Waals surface area (Å²) in [5.74, 6) is 0.311. The van der Waals surface area contributed by atoms with Gasteiger partial charge in [-0.05, 0) is 37.1 Å². The maximum Gasteiger partial charge on any atom is 0.247 e. The molecule has 0 aliphatic carbocycles. The van der Waals surface area contributed by atoms with Gasteiger partial charge in [0.1, 0.15) is 11.5 Å². The molecule has 0 aromatic heterocycles. The summed E-state index contributed by atoms with van der Waals surface area (Å²) in [5.41, 5.74) is 1.31. The van der Waals surface area contributed by atoms with Gasteiger partial charge in [-0.2, -0.15) is 0 Å². The summed E-state index contributed by atoms with van der Waals surface area (Å²) in [6, 6.07) is 12.6. The second-order valence-corrected chi connectivity index (χ2v) is 8.79. The Kier molecular flexibility index (Phi) is 6.55. The van der Waals surface area contributed by atoms with Crippen molar-refractivity contribution in [3.8, 4) is 11.5 Å². The molecule has 9 heteroatoms. The Morgan fingerprint density at radius 2 is 1.84 bits per heavy atom. The number of nitrogens with zero attached hydrogens (tertiary/aromatic N) is 1. The first-order valence-corrected chi connectivity index (χ1v) is 11.3. The number of hydrogen-bond donors (Lipinski definition) is 2. The molecule has 2 aromatic carbocycles. The number of carbonyl (C=O) groups is 3. The van der Waals surface area contributed by atoms with Crippen molar-refractivity contribution in [1.82, 2.24) is 4.90 Å². The highest BCUT2D eigenvalue weighted by atomic mass is 32.2. The predicted molar refractivity (Wildman–Crippen MR) is 122 cm³/mol. The van der Waals surface area contributed by atoms with E-state index in [9.17, 15) is 14.4 Å². The zero-order valence-electron chi connectivity index (χ0n) is 17.9. The third-order valence-electron chi connectivity index (χ3n) is 5.70. The lowest BCUT2D eigenvalue weighted by Gasteiger charge is -2.34. The third kappa shape index (κ3) is 4.52. The summed E-state index contributed by atoms with van der Waals surface area (Å²) < 4.78 is 10.5. The number of fused-ring (bicyclic) bond motifs is 1. The van der Waals surface area contributed by atoms with E-state index >= 15 is 0 Å². The number of carbonyl (C=O) groups excluding carboxylic acids is 3. The van der Waals surface area contributed by atoms with Crippen molar-refractivity contribution in [3.63, 3.8) is 0 Å². The van der Waals surface area contributed by atoms with E-state index in [4.69, 9.17) is 9.47 Å². The van der Waals surface area contributed by atoms with Crippen LogP contribution in [0.2, 0.25) is 0 Å². The number of hydrogen-bond acceptors (Lipinski definition) is 6. The smallest absolute Gasteiger partial charge is 0.247 e. The van der Waals surface area contributed by atoms with Crippen molar-refractivity contribution in [3.05, 3.63) is 42.5 Å². The lowest BCUT2D eigenvalue weighted by molar-refractivity contribution is -0.136. The van der Waals surface area contributed by atoms with E-state index in [1.165, 1.54) is 18.9 Å². The van der Waals surface area contributed by atoms with Gasteiger partial charge in [0.15, 0.2) is 5.25 Å². The molecule has 8 nitrogen and oxygen atoms in total. The molecule has 2 aliphatic heterocycles. The standard InChI is InChI=1S/C23H25N3O5S/c1-30-15-7-8-16(18(13-15)31-2)24-21(27)14-9-11-26(12-10-14)23(29)20-22(28)25-17-5-3-4-6-19(17)32-20/h3-8,13-14,20H,9-12H2,1-2H3,(H,24,27)(H,25,28). The minimum Gasteiger partial charge on any atom is -0.497 e. The number of rotatable bonds is 5. The average Bonchev–Trinajstić information content (AvgIpc) is 2.83. The molecule has 1 saturated heterocycles. The number of para-hydroxylation sites is 1. The minimum atomic E-state index is -0.807. The quantitative estimate of drug-likeness (QED) is 0.673. The summed E-state index contributed by atoms with van der Waals surface area (Å²) >= 11 is 1.28. The first kappa shape index (κ1) is 22.0. The van der Waals surface area contributed by atoms with Crippen LogP contribution in [0.5, 0.6) is 11.5 Å². The van der Waals surface area contributed by atoms with Crippen LogP contribution in [0.15, 0.2) is 47.4 Å². The van der Waals surface area contributed by atoms with Crippen LogP contribution in [-0.2, 0) is 14.4 Å². The van der Waals surface area contributed by atoms with Gasteiger partial charge in [-0.3, -0.25) is 14.4 Å². The van der Waals surface area contributed by atoms with E-state index in [1.54, 1.807) is 30.2 Å². The summed E-state index contributed by atoms with van der Waals surface area (Å²) in [6.07, 6.45) is 1.07. The first-order valence-electron chi connectivity index (χ1n) is 10.4. The van der Waals surface area contributed by atoms with E-state index in [-0.39, 0.29) is 23.6 Å². The Labute approximate surface area is 190 Å². The number of ether oxygens (including phenoxy) is 2. The van der Waals surface area contributed by atoms with Crippen LogP contribution in [0.25, 0.3) is 0 Å². The van der Waals surface area contributed by atoms with E-state index in [1.807, 2.05) is 24.3 Å². The molecule has 2 heterocycles. The van der Waals surface area contributed by atoms with Gasteiger partial charge < -0.3 is 25.0 Å². The molecule has 0 saturated carbocycles. The van der Waals surface area contributed by atoms with Crippen molar-refractivity contribution < 1.29 is 23.9 Å². The van der Waals surface area contributed by atoms with E-state index < -0.39 is 5.25 Å². The summed E-state index contributed by atoms with van der Waals surface area (Å²) in [6.45, 7) is 0.866. The molecule has 3 amide bonds. The Bertz CT molecular complexity index is 1040. The maximum absolute atomic E-state index is 13.0. The molecule has 2 N–H and O–H groups in total. The van der Waals surface area contributed by atoms with Gasteiger partial charge in [0.2, 0.25) is 17.7 Å².